The van der Waals surface area contributed by atoms with Gasteiger partial charge in [-0.05, 0) is 40.2 Å². The lowest BCUT2D eigenvalue weighted by Crippen LogP contribution is -2.46. The number of aromatic nitrogens is 6. The van der Waals surface area contributed by atoms with Crippen molar-refractivity contribution < 1.29 is 13.8 Å². The molecule has 1 unspecified atom stereocenters. The molecule has 2 aliphatic rings. The molecule has 2 aliphatic heterocycles. The molecule has 0 radical (unpaired) electrons. The molecule has 2 fully saturated rings. The van der Waals surface area contributed by atoms with Crippen LogP contribution in [0.25, 0.3) is 16.0 Å². The fourth-order valence-corrected chi connectivity index (χ4v) is 7.62. The standard InChI is InChI=1S/C28H40N11O4P/c1-9-28-15-37(27-30-11-10-12-31-27)21(22(28)43-44(41-14-13-29-6)39(18(2)3)19(4)5)25(42-28)38-17-32-20-23(38)34-26(35-24(20)40)33-16-36(7)8/h10-12,16-19,21-22,25H,9,13-15H2,1-5,7-8H3,(H,34,35,40)/t21-,22+,25-,28+,44?/m1/s1. The van der Waals surface area contributed by atoms with Crippen LogP contribution in [0.3, 0.4) is 0 Å². The van der Waals surface area contributed by atoms with Crippen LogP contribution in [0.4, 0.5) is 11.9 Å². The van der Waals surface area contributed by atoms with Crippen molar-refractivity contribution in [3.05, 3.63) is 46.6 Å². The van der Waals surface area contributed by atoms with Crippen molar-refractivity contribution in [2.24, 2.45) is 4.99 Å². The lowest BCUT2D eigenvalue weighted by molar-refractivity contribution is -0.102. The van der Waals surface area contributed by atoms with E-state index < -0.39 is 38.1 Å². The monoisotopic (exact) mass is 625 g/mol. The highest BCUT2D eigenvalue weighted by atomic mass is 31.2. The Kier molecular flexibility index (Phi) is 9.57. The highest BCUT2D eigenvalue weighted by molar-refractivity contribution is 7.44. The smallest absolute Gasteiger partial charge is 0.280 e. The van der Waals surface area contributed by atoms with E-state index in [1.165, 1.54) is 0 Å². The molecule has 0 amide bonds. The van der Waals surface area contributed by atoms with Gasteiger partial charge in [0.05, 0.1) is 19.2 Å². The summed E-state index contributed by atoms with van der Waals surface area (Å²) in [5.41, 5.74) is -0.633. The van der Waals surface area contributed by atoms with E-state index in [1.807, 2.05) is 14.1 Å². The number of ether oxygens (including phenoxy) is 1. The van der Waals surface area contributed by atoms with E-state index in [0.717, 1.165) is 0 Å². The fraction of sp³-hybridized carbons (Fsp3) is 0.607. The molecule has 2 bridgehead atoms. The predicted molar refractivity (Wildman–Crippen MR) is 168 cm³/mol. The SMILES string of the molecule is [C-]#[N+]CCOP(O[C@H]1[C@@H]2[C@H](n3cnc4c(=O)[nH]c(N=CN(C)C)nc43)O[C@@]1(CC)CN2c1ncccn1)N(C(C)C)C(C)C. The number of nitrogens with zero attached hydrogens (tertiary/aromatic N) is 10. The zero-order valence-corrected chi connectivity index (χ0v) is 27.0. The first-order valence-electron chi connectivity index (χ1n) is 14.7. The van der Waals surface area contributed by atoms with Gasteiger partial charge >= 0.3 is 0 Å². The van der Waals surface area contributed by atoms with Crippen molar-refractivity contribution in [3.8, 4) is 0 Å². The topological polar surface area (TPSA) is 143 Å². The molecule has 0 spiro atoms. The minimum atomic E-state index is -1.57. The second-order valence-corrected chi connectivity index (χ2v) is 13.0. The predicted octanol–water partition coefficient (Wildman–Crippen LogP) is 3.36. The summed E-state index contributed by atoms with van der Waals surface area (Å²) in [6.45, 7) is 18.7. The number of nitrogens with one attached hydrogen (secondary N) is 1. The van der Waals surface area contributed by atoms with E-state index in [9.17, 15) is 4.79 Å². The lowest BCUT2D eigenvalue weighted by Gasteiger charge is -2.38. The Hall–Kier alpha value is -3.54. The van der Waals surface area contributed by atoms with Crippen LogP contribution in [0.15, 0.2) is 34.6 Å². The molecule has 5 heterocycles. The Balaban J connectivity index is 1.61. The molecule has 2 saturated heterocycles. The molecule has 15 nitrogen and oxygen atoms in total. The molecule has 236 valence electrons. The van der Waals surface area contributed by atoms with Crippen molar-refractivity contribution in [1.29, 1.82) is 0 Å². The van der Waals surface area contributed by atoms with Gasteiger partial charge in [0.2, 0.25) is 18.4 Å². The summed E-state index contributed by atoms with van der Waals surface area (Å²) in [5.74, 6) is 0.702. The molecular weight excluding hydrogens is 585 g/mol. The zero-order valence-electron chi connectivity index (χ0n) is 26.2. The van der Waals surface area contributed by atoms with Gasteiger partial charge in [-0.15, -0.1) is 0 Å². The van der Waals surface area contributed by atoms with Crippen LogP contribution in [0.2, 0.25) is 0 Å². The third-order valence-electron chi connectivity index (χ3n) is 7.64. The summed E-state index contributed by atoms with van der Waals surface area (Å²) in [6, 6.07) is 1.62. The van der Waals surface area contributed by atoms with Crippen LogP contribution >= 0.6 is 8.53 Å². The maximum Gasteiger partial charge on any atom is 0.280 e. The number of imidazole rings is 1. The van der Waals surface area contributed by atoms with E-state index in [2.05, 4.69) is 78.9 Å². The highest BCUT2D eigenvalue weighted by Gasteiger charge is 2.66. The normalized spacial score (nSPS) is 23.9. The number of morpholine rings is 1. The van der Waals surface area contributed by atoms with Crippen molar-refractivity contribution in [3.63, 3.8) is 0 Å². The second-order valence-electron chi connectivity index (χ2n) is 11.6. The van der Waals surface area contributed by atoms with Gasteiger partial charge in [-0.1, -0.05) is 6.92 Å². The van der Waals surface area contributed by atoms with Crippen molar-refractivity contribution in [2.75, 3.05) is 38.7 Å². The van der Waals surface area contributed by atoms with Crippen LogP contribution in [-0.4, -0.2) is 109 Å². The van der Waals surface area contributed by atoms with Crippen LogP contribution in [0.5, 0.6) is 0 Å². The molecule has 5 atom stereocenters. The molecule has 0 aliphatic carbocycles. The number of hydrogen-bond donors (Lipinski definition) is 1. The maximum atomic E-state index is 13.0. The largest absolute Gasteiger partial charge is 0.369 e. The Bertz CT molecular complexity index is 1550. The summed E-state index contributed by atoms with van der Waals surface area (Å²) in [6.07, 6.45) is 6.07. The first kappa shape index (κ1) is 31.9. The summed E-state index contributed by atoms with van der Waals surface area (Å²) >= 11 is 0. The Morgan fingerprint density at radius 2 is 2.00 bits per heavy atom. The fourth-order valence-electron chi connectivity index (χ4n) is 5.81. The minimum absolute atomic E-state index is 0.130. The third-order valence-corrected chi connectivity index (χ3v) is 9.75. The molecule has 0 aromatic carbocycles. The van der Waals surface area contributed by atoms with Gasteiger partial charge in [-0.3, -0.25) is 14.3 Å². The highest BCUT2D eigenvalue weighted by Crippen LogP contribution is 2.57. The van der Waals surface area contributed by atoms with E-state index in [-0.39, 0.29) is 36.7 Å². The second kappa shape index (κ2) is 13.2. The van der Waals surface area contributed by atoms with Crippen molar-refractivity contribution in [2.45, 2.75) is 77.1 Å². The maximum absolute atomic E-state index is 13.0. The number of aromatic amines is 1. The lowest BCUT2D eigenvalue weighted by atomic mass is 9.96. The van der Waals surface area contributed by atoms with Gasteiger partial charge in [0, 0.05) is 38.6 Å². The van der Waals surface area contributed by atoms with E-state index >= 15 is 0 Å². The van der Waals surface area contributed by atoms with Gasteiger partial charge in [0.15, 0.2) is 17.4 Å². The molecule has 5 rings (SSSR count). The first-order chi connectivity index (χ1) is 21.1. The van der Waals surface area contributed by atoms with Gasteiger partial charge in [-0.25, -0.2) is 31.2 Å². The summed E-state index contributed by atoms with van der Waals surface area (Å²) in [7, 11) is 2.09. The first-order valence-corrected chi connectivity index (χ1v) is 15.8. The quantitative estimate of drug-likeness (QED) is 0.0982. The van der Waals surface area contributed by atoms with Crippen LogP contribution in [-0.2, 0) is 13.8 Å². The molecule has 16 heteroatoms. The number of aliphatic imine (C=N–C) groups is 1. The van der Waals surface area contributed by atoms with Crippen LogP contribution in [0.1, 0.15) is 47.3 Å². The molecular formula is C28H40N11O4P. The van der Waals surface area contributed by atoms with Crippen molar-refractivity contribution >= 4 is 37.9 Å². The number of H-pyrrole nitrogens is 1. The third kappa shape index (κ3) is 6.05. The van der Waals surface area contributed by atoms with E-state index in [0.29, 0.717) is 24.6 Å². The minimum Gasteiger partial charge on any atom is -0.369 e. The van der Waals surface area contributed by atoms with Gasteiger partial charge in [-0.2, -0.15) is 4.98 Å². The summed E-state index contributed by atoms with van der Waals surface area (Å²) < 4.78 is 24.2. The number of hydrogen-bond acceptors (Lipinski definition) is 11. The van der Waals surface area contributed by atoms with Gasteiger partial charge in [0.25, 0.3) is 14.1 Å². The number of rotatable bonds is 13. The van der Waals surface area contributed by atoms with E-state index in [4.69, 9.17) is 20.4 Å². The average Bonchev–Trinajstić information content (AvgIpc) is 3.65. The number of fused-ring (bicyclic) bond motifs is 3. The summed E-state index contributed by atoms with van der Waals surface area (Å²) in [4.78, 5) is 45.5. The zero-order chi connectivity index (χ0) is 31.6. The Morgan fingerprint density at radius 1 is 1.27 bits per heavy atom. The Morgan fingerprint density at radius 3 is 2.64 bits per heavy atom. The average molecular weight is 626 g/mol. The number of anilines is 1. The Labute approximate surface area is 258 Å². The van der Waals surface area contributed by atoms with Gasteiger partial charge < -0.3 is 28.4 Å². The van der Waals surface area contributed by atoms with Gasteiger partial charge in [0.1, 0.15) is 24.4 Å². The van der Waals surface area contributed by atoms with E-state index in [1.54, 1.807) is 40.6 Å². The van der Waals surface area contributed by atoms with Crippen LogP contribution < -0.4 is 10.5 Å². The molecule has 3 aromatic rings. The molecule has 1 N–H and O–H groups in total. The van der Waals surface area contributed by atoms with Crippen molar-refractivity contribution in [1.82, 2.24) is 39.1 Å². The molecule has 44 heavy (non-hydrogen) atoms. The molecule has 0 saturated carbocycles. The molecule has 3 aromatic heterocycles. The van der Waals surface area contributed by atoms with Crippen LogP contribution in [0, 0.1) is 6.57 Å². The summed E-state index contributed by atoms with van der Waals surface area (Å²) in [5, 5.41) is 0.